The molecule has 0 bridgehead atoms. The van der Waals surface area contributed by atoms with E-state index in [4.69, 9.17) is 16.3 Å². The summed E-state index contributed by atoms with van der Waals surface area (Å²) in [6, 6.07) is 15.0. The number of anilines is 2. The van der Waals surface area contributed by atoms with Crippen LogP contribution in [0.25, 0.3) is 0 Å². The monoisotopic (exact) mass is 345 g/mol. The number of benzene rings is 2. The van der Waals surface area contributed by atoms with Crippen molar-refractivity contribution in [1.29, 1.82) is 0 Å². The Labute approximate surface area is 146 Å². The number of amides is 2. The standard InChI is InChI=1S/C18H20ClN3O2/c19-15-3-5-16(6-4-15)21-18(23)20-13-14-1-7-17(8-2-14)22-9-11-24-12-10-22/h1-8H,9-13H2,(H2,20,21,23). The van der Waals surface area contributed by atoms with Crippen molar-refractivity contribution >= 4 is 29.0 Å². The third kappa shape index (κ3) is 4.63. The predicted molar refractivity (Wildman–Crippen MR) is 96.8 cm³/mol. The van der Waals surface area contributed by atoms with Gasteiger partial charge in [-0.15, -0.1) is 0 Å². The number of nitrogens with zero attached hydrogens (tertiary/aromatic N) is 1. The number of rotatable bonds is 4. The maximum absolute atomic E-state index is 11.9. The Balaban J connectivity index is 1.49. The molecule has 0 radical (unpaired) electrons. The number of urea groups is 1. The van der Waals surface area contributed by atoms with E-state index in [1.807, 2.05) is 12.1 Å². The zero-order valence-corrected chi connectivity index (χ0v) is 14.1. The van der Waals surface area contributed by atoms with E-state index >= 15 is 0 Å². The van der Waals surface area contributed by atoms with Gasteiger partial charge < -0.3 is 20.3 Å². The maximum Gasteiger partial charge on any atom is 0.319 e. The molecule has 2 amide bonds. The van der Waals surface area contributed by atoms with Crippen LogP contribution in [0.15, 0.2) is 48.5 Å². The van der Waals surface area contributed by atoms with Crippen molar-refractivity contribution in [3.8, 4) is 0 Å². The smallest absolute Gasteiger partial charge is 0.319 e. The Hall–Kier alpha value is -2.24. The van der Waals surface area contributed by atoms with Crippen molar-refractivity contribution in [2.45, 2.75) is 6.54 Å². The molecule has 0 spiro atoms. The first-order valence-electron chi connectivity index (χ1n) is 7.93. The summed E-state index contributed by atoms with van der Waals surface area (Å²) in [7, 11) is 0. The predicted octanol–water partition coefficient (Wildman–Crippen LogP) is 3.50. The summed E-state index contributed by atoms with van der Waals surface area (Å²) in [4.78, 5) is 14.2. The highest BCUT2D eigenvalue weighted by atomic mass is 35.5. The fraction of sp³-hybridized carbons (Fsp3) is 0.278. The van der Waals surface area contributed by atoms with Gasteiger partial charge in [-0.3, -0.25) is 0 Å². The number of morpholine rings is 1. The van der Waals surface area contributed by atoms with Gasteiger partial charge in [0.25, 0.3) is 0 Å². The number of hydrogen-bond donors (Lipinski definition) is 2. The lowest BCUT2D eigenvalue weighted by atomic mass is 10.2. The number of ether oxygens (including phenoxy) is 1. The van der Waals surface area contributed by atoms with Crippen molar-refractivity contribution in [2.75, 3.05) is 36.5 Å². The average Bonchev–Trinajstić information content (AvgIpc) is 2.63. The highest BCUT2D eigenvalue weighted by molar-refractivity contribution is 6.30. The van der Waals surface area contributed by atoms with Crippen LogP contribution < -0.4 is 15.5 Å². The van der Waals surface area contributed by atoms with Gasteiger partial charge in [0.2, 0.25) is 0 Å². The minimum atomic E-state index is -0.241. The van der Waals surface area contributed by atoms with Crippen molar-refractivity contribution in [1.82, 2.24) is 5.32 Å². The summed E-state index contributed by atoms with van der Waals surface area (Å²) in [6.45, 7) is 3.85. The van der Waals surface area contributed by atoms with Crippen LogP contribution in [0, 0.1) is 0 Å². The molecule has 3 rings (SSSR count). The number of hydrogen-bond acceptors (Lipinski definition) is 3. The number of nitrogens with one attached hydrogen (secondary N) is 2. The second-order valence-corrected chi connectivity index (χ2v) is 6.02. The van der Waals surface area contributed by atoms with Gasteiger partial charge in [-0.2, -0.15) is 0 Å². The molecule has 2 N–H and O–H groups in total. The van der Waals surface area contributed by atoms with Crippen molar-refractivity contribution < 1.29 is 9.53 Å². The Kier molecular flexibility index (Phi) is 5.56. The third-order valence-electron chi connectivity index (χ3n) is 3.87. The third-order valence-corrected chi connectivity index (χ3v) is 4.12. The normalized spacial score (nSPS) is 14.3. The number of halogens is 1. The molecule has 0 aliphatic carbocycles. The molecule has 0 saturated carbocycles. The van der Waals surface area contributed by atoms with Gasteiger partial charge in [0.1, 0.15) is 0 Å². The Morgan fingerprint density at radius 1 is 1.04 bits per heavy atom. The van der Waals surface area contributed by atoms with Gasteiger partial charge in [0, 0.05) is 36.0 Å². The van der Waals surface area contributed by atoms with E-state index in [2.05, 4.69) is 27.7 Å². The molecule has 0 aromatic heterocycles. The summed E-state index contributed by atoms with van der Waals surface area (Å²) in [5.74, 6) is 0. The van der Waals surface area contributed by atoms with Gasteiger partial charge in [-0.25, -0.2) is 4.79 Å². The van der Waals surface area contributed by atoms with Crippen molar-refractivity contribution in [3.05, 3.63) is 59.1 Å². The lowest BCUT2D eigenvalue weighted by Crippen LogP contribution is -2.36. The van der Waals surface area contributed by atoms with E-state index in [0.717, 1.165) is 31.9 Å². The maximum atomic E-state index is 11.9. The molecule has 1 aliphatic rings. The first-order valence-corrected chi connectivity index (χ1v) is 8.30. The SMILES string of the molecule is O=C(NCc1ccc(N2CCOCC2)cc1)Nc1ccc(Cl)cc1. The van der Waals surface area contributed by atoms with Crippen LogP contribution in [-0.2, 0) is 11.3 Å². The van der Waals surface area contributed by atoms with Crippen LogP contribution in [0.1, 0.15) is 5.56 Å². The van der Waals surface area contributed by atoms with Gasteiger partial charge in [-0.05, 0) is 42.0 Å². The topological polar surface area (TPSA) is 53.6 Å². The van der Waals surface area contributed by atoms with E-state index in [1.165, 1.54) is 5.69 Å². The molecule has 6 heteroatoms. The summed E-state index contributed by atoms with van der Waals surface area (Å²) in [5, 5.41) is 6.26. The van der Waals surface area contributed by atoms with Crippen LogP contribution in [0.4, 0.5) is 16.2 Å². The molecule has 1 heterocycles. The highest BCUT2D eigenvalue weighted by Gasteiger charge is 2.10. The molecule has 24 heavy (non-hydrogen) atoms. The number of carbonyl (C=O) groups excluding carboxylic acids is 1. The molecule has 0 unspecified atom stereocenters. The molecule has 2 aromatic rings. The summed E-state index contributed by atoms with van der Waals surface area (Å²) in [6.07, 6.45) is 0. The zero-order chi connectivity index (χ0) is 16.8. The minimum Gasteiger partial charge on any atom is -0.378 e. The molecular formula is C18H20ClN3O2. The number of carbonyl (C=O) groups is 1. The van der Waals surface area contributed by atoms with Gasteiger partial charge >= 0.3 is 6.03 Å². The quantitative estimate of drug-likeness (QED) is 0.891. The van der Waals surface area contributed by atoms with Crippen LogP contribution in [0.5, 0.6) is 0 Å². The Bertz CT molecular complexity index is 668. The van der Waals surface area contributed by atoms with Crippen LogP contribution in [-0.4, -0.2) is 32.3 Å². The fourth-order valence-corrected chi connectivity index (χ4v) is 2.66. The molecule has 1 aliphatic heterocycles. The van der Waals surface area contributed by atoms with E-state index < -0.39 is 0 Å². The molecule has 5 nitrogen and oxygen atoms in total. The van der Waals surface area contributed by atoms with Gasteiger partial charge in [-0.1, -0.05) is 23.7 Å². The van der Waals surface area contributed by atoms with Crippen LogP contribution in [0.3, 0.4) is 0 Å². The van der Waals surface area contributed by atoms with Crippen LogP contribution in [0.2, 0.25) is 5.02 Å². The molecule has 2 aromatic carbocycles. The summed E-state index contributed by atoms with van der Waals surface area (Å²) in [5.41, 5.74) is 2.95. The highest BCUT2D eigenvalue weighted by Crippen LogP contribution is 2.17. The summed E-state index contributed by atoms with van der Waals surface area (Å²) < 4.78 is 5.36. The van der Waals surface area contributed by atoms with E-state index in [0.29, 0.717) is 17.3 Å². The van der Waals surface area contributed by atoms with Gasteiger partial charge in [0.05, 0.1) is 13.2 Å². The molecule has 0 atom stereocenters. The fourth-order valence-electron chi connectivity index (χ4n) is 2.54. The first-order chi connectivity index (χ1) is 11.7. The van der Waals surface area contributed by atoms with Crippen molar-refractivity contribution in [2.24, 2.45) is 0 Å². The molecule has 1 fully saturated rings. The molecular weight excluding hydrogens is 326 g/mol. The van der Waals surface area contributed by atoms with Gasteiger partial charge in [0.15, 0.2) is 0 Å². The Morgan fingerprint density at radius 2 is 1.71 bits per heavy atom. The lowest BCUT2D eigenvalue weighted by molar-refractivity contribution is 0.122. The average molecular weight is 346 g/mol. The van der Waals surface area contributed by atoms with E-state index in [9.17, 15) is 4.79 Å². The van der Waals surface area contributed by atoms with Crippen molar-refractivity contribution in [3.63, 3.8) is 0 Å². The minimum absolute atomic E-state index is 0.241. The largest absolute Gasteiger partial charge is 0.378 e. The van der Waals surface area contributed by atoms with Crippen LogP contribution >= 0.6 is 11.6 Å². The lowest BCUT2D eigenvalue weighted by Gasteiger charge is -2.28. The van der Waals surface area contributed by atoms with E-state index in [1.54, 1.807) is 24.3 Å². The Morgan fingerprint density at radius 3 is 2.38 bits per heavy atom. The summed E-state index contributed by atoms with van der Waals surface area (Å²) >= 11 is 5.82. The molecule has 126 valence electrons. The zero-order valence-electron chi connectivity index (χ0n) is 13.3. The molecule has 1 saturated heterocycles. The van der Waals surface area contributed by atoms with E-state index in [-0.39, 0.29) is 6.03 Å². The second kappa shape index (κ2) is 8.04. The second-order valence-electron chi connectivity index (χ2n) is 5.58. The first kappa shape index (κ1) is 16.6.